The van der Waals surface area contributed by atoms with Gasteiger partial charge in [0.1, 0.15) is 0 Å². The highest BCUT2D eigenvalue weighted by Crippen LogP contribution is 2.39. The molecule has 3 heteroatoms. The molecule has 54 valence electrons. The summed E-state index contributed by atoms with van der Waals surface area (Å²) >= 11 is 0. The van der Waals surface area contributed by atoms with Crippen LogP contribution < -0.4 is 0 Å². The lowest BCUT2D eigenvalue weighted by molar-refractivity contribution is -0.141. The molecule has 0 aromatic rings. The van der Waals surface area contributed by atoms with Crippen LogP contribution in [0.4, 0.5) is 0 Å². The number of aliphatic imine (C=N–C) groups is 1. The molecule has 0 aromatic carbocycles. The highest BCUT2D eigenvalue weighted by Gasteiger charge is 2.49. The van der Waals surface area contributed by atoms with Crippen molar-refractivity contribution in [2.24, 2.45) is 4.99 Å². The van der Waals surface area contributed by atoms with E-state index in [1.165, 1.54) is 0 Å². The van der Waals surface area contributed by atoms with Gasteiger partial charge in [0.05, 0.1) is 0 Å². The van der Waals surface area contributed by atoms with Gasteiger partial charge in [0, 0.05) is 6.92 Å². The molecule has 10 heavy (non-hydrogen) atoms. The van der Waals surface area contributed by atoms with Crippen molar-refractivity contribution in [2.45, 2.75) is 31.7 Å². The third-order valence-corrected chi connectivity index (χ3v) is 2.17. The van der Waals surface area contributed by atoms with Gasteiger partial charge in [0.2, 0.25) is 0 Å². The van der Waals surface area contributed by atoms with E-state index in [-0.39, 0.29) is 5.97 Å². The van der Waals surface area contributed by atoms with Crippen LogP contribution in [0.1, 0.15) is 26.2 Å². The second-order valence-corrected chi connectivity index (χ2v) is 2.91. The molecule has 1 spiro atoms. The maximum atomic E-state index is 11.1. The summed E-state index contributed by atoms with van der Waals surface area (Å²) in [5.41, 5.74) is -0.427. The predicted octanol–water partition coefficient (Wildman–Crippen LogP) is 0.884. The van der Waals surface area contributed by atoms with Crippen molar-refractivity contribution < 1.29 is 9.53 Å². The standard InChI is InChI=1S/C7H9NO2/c1-5-8-7(3-2-4-7)6(9)10-5/h2-4H2,1H3. The van der Waals surface area contributed by atoms with Crippen molar-refractivity contribution in [3.05, 3.63) is 0 Å². The van der Waals surface area contributed by atoms with E-state index in [9.17, 15) is 4.79 Å². The lowest BCUT2D eigenvalue weighted by Crippen LogP contribution is -2.40. The quantitative estimate of drug-likeness (QED) is 0.467. The van der Waals surface area contributed by atoms with Gasteiger partial charge < -0.3 is 4.74 Å². The fourth-order valence-electron chi connectivity index (χ4n) is 1.43. The molecule has 0 aromatic heterocycles. The van der Waals surface area contributed by atoms with Gasteiger partial charge in [0.25, 0.3) is 0 Å². The van der Waals surface area contributed by atoms with Crippen LogP contribution in [-0.2, 0) is 9.53 Å². The molecule has 1 saturated carbocycles. The number of esters is 1. The number of rotatable bonds is 0. The van der Waals surface area contributed by atoms with Crippen molar-refractivity contribution in [3.8, 4) is 0 Å². The first-order valence-electron chi connectivity index (χ1n) is 3.52. The molecule has 3 nitrogen and oxygen atoms in total. The normalized spacial score (nSPS) is 27.7. The van der Waals surface area contributed by atoms with E-state index in [2.05, 4.69) is 4.99 Å². The minimum Gasteiger partial charge on any atom is -0.410 e. The second kappa shape index (κ2) is 1.59. The van der Waals surface area contributed by atoms with E-state index >= 15 is 0 Å². The Hall–Kier alpha value is -0.860. The van der Waals surface area contributed by atoms with Gasteiger partial charge in [-0.15, -0.1) is 0 Å². The van der Waals surface area contributed by atoms with Crippen LogP contribution in [0.2, 0.25) is 0 Å². The summed E-state index contributed by atoms with van der Waals surface area (Å²) in [7, 11) is 0. The Kier molecular flexibility index (Phi) is 0.938. The zero-order valence-corrected chi connectivity index (χ0v) is 5.89. The number of nitrogens with zero attached hydrogens (tertiary/aromatic N) is 1. The van der Waals surface area contributed by atoms with Gasteiger partial charge in [-0.3, -0.25) is 0 Å². The smallest absolute Gasteiger partial charge is 0.340 e. The molecule has 0 radical (unpaired) electrons. The largest absolute Gasteiger partial charge is 0.410 e. The molecule has 0 saturated heterocycles. The lowest BCUT2D eigenvalue weighted by Gasteiger charge is -2.30. The Bertz CT molecular complexity index is 216. The maximum absolute atomic E-state index is 11.1. The molecule has 2 rings (SSSR count). The first-order valence-corrected chi connectivity index (χ1v) is 3.52. The van der Waals surface area contributed by atoms with E-state index in [0.29, 0.717) is 5.90 Å². The molecule has 0 amide bonds. The van der Waals surface area contributed by atoms with E-state index in [1.54, 1.807) is 6.92 Å². The first-order chi connectivity index (χ1) is 4.73. The third kappa shape index (κ3) is 0.549. The first kappa shape index (κ1) is 5.89. The van der Waals surface area contributed by atoms with Crippen LogP contribution in [0.5, 0.6) is 0 Å². The molecular formula is C7H9NO2. The minimum absolute atomic E-state index is 0.142. The maximum Gasteiger partial charge on any atom is 0.340 e. The van der Waals surface area contributed by atoms with Gasteiger partial charge >= 0.3 is 5.97 Å². The van der Waals surface area contributed by atoms with E-state index in [4.69, 9.17) is 4.74 Å². The molecule has 0 unspecified atom stereocenters. The Labute approximate surface area is 59.1 Å². The minimum atomic E-state index is -0.427. The number of ether oxygens (including phenoxy) is 1. The van der Waals surface area contributed by atoms with Crippen molar-refractivity contribution in [1.82, 2.24) is 0 Å². The number of carbonyl (C=O) groups is 1. The summed E-state index contributed by atoms with van der Waals surface area (Å²) in [6, 6.07) is 0. The molecule has 2 aliphatic rings. The predicted molar refractivity (Wildman–Crippen MR) is 35.8 cm³/mol. The van der Waals surface area contributed by atoms with Crippen LogP contribution in [-0.4, -0.2) is 17.4 Å². The summed E-state index contributed by atoms with van der Waals surface area (Å²) in [4.78, 5) is 15.2. The molecular weight excluding hydrogens is 130 g/mol. The van der Waals surface area contributed by atoms with Crippen molar-refractivity contribution >= 4 is 11.9 Å². The summed E-state index contributed by atoms with van der Waals surface area (Å²) in [5.74, 6) is 0.390. The van der Waals surface area contributed by atoms with Crippen LogP contribution in [0.3, 0.4) is 0 Å². The third-order valence-electron chi connectivity index (χ3n) is 2.17. The zero-order valence-electron chi connectivity index (χ0n) is 5.89. The molecule has 1 heterocycles. The van der Waals surface area contributed by atoms with E-state index in [1.807, 2.05) is 0 Å². The Morgan fingerprint density at radius 3 is 2.50 bits per heavy atom. The van der Waals surface area contributed by atoms with Crippen molar-refractivity contribution in [3.63, 3.8) is 0 Å². The van der Waals surface area contributed by atoms with Gasteiger partial charge in [-0.25, -0.2) is 9.79 Å². The average Bonchev–Trinajstić information content (AvgIpc) is 2.04. The zero-order chi connectivity index (χ0) is 7.19. The number of cyclic esters (lactones) is 1. The highest BCUT2D eigenvalue weighted by atomic mass is 16.6. The number of hydrogen-bond acceptors (Lipinski definition) is 3. The highest BCUT2D eigenvalue weighted by molar-refractivity contribution is 5.99. The van der Waals surface area contributed by atoms with Crippen LogP contribution in [0, 0.1) is 0 Å². The van der Waals surface area contributed by atoms with Gasteiger partial charge in [-0.2, -0.15) is 0 Å². The van der Waals surface area contributed by atoms with Crippen LogP contribution in [0.25, 0.3) is 0 Å². The van der Waals surface area contributed by atoms with E-state index < -0.39 is 5.54 Å². The fourth-order valence-corrected chi connectivity index (χ4v) is 1.43. The lowest BCUT2D eigenvalue weighted by atomic mass is 9.78. The summed E-state index contributed by atoms with van der Waals surface area (Å²) in [6.45, 7) is 1.73. The second-order valence-electron chi connectivity index (χ2n) is 2.91. The molecule has 1 fully saturated rings. The molecule has 1 aliphatic heterocycles. The van der Waals surface area contributed by atoms with E-state index in [0.717, 1.165) is 19.3 Å². The Balaban J connectivity index is 2.29. The van der Waals surface area contributed by atoms with Crippen molar-refractivity contribution in [1.29, 1.82) is 0 Å². The van der Waals surface area contributed by atoms with Gasteiger partial charge in [-0.05, 0) is 19.3 Å². The average molecular weight is 139 g/mol. The number of carbonyl (C=O) groups excluding carboxylic acids is 1. The Morgan fingerprint density at radius 1 is 1.60 bits per heavy atom. The van der Waals surface area contributed by atoms with Gasteiger partial charge in [-0.1, -0.05) is 0 Å². The SMILES string of the molecule is CC1=NC2(CCC2)C(=O)O1. The van der Waals surface area contributed by atoms with Gasteiger partial charge in [0.15, 0.2) is 11.4 Å². The molecule has 0 atom stereocenters. The summed E-state index contributed by atoms with van der Waals surface area (Å²) < 4.78 is 4.83. The topological polar surface area (TPSA) is 38.7 Å². The Morgan fingerprint density at radius 2 is 2.30 bits per heavy atom. The molecule has 1 aliphatic carbocycles. The van der Waals surface area contributed by atoms with Crippen LogP contribution >= 0.6 is 0 Å². The summed E-state index contributed by atoms with van der Waals surface area (Å²) in [5, 5.41) is 0. The molecule has 0 N–H and O–H groups in total. The van der Waals surface area contributed by atoms with Crippen LogP contribution in [0.15, 0.2) is 4.99 Å². The fraction of sp³-hybridized carbons (Fsp3) is 0.714. The molecule has 0 bridgehead atoms. The summed E-state index contributed by atoms with van der Waals surface area (Å²) in [6.07, 6.45) is 2.86. The van der Waals surface area contributed by atoms with Crippen molar-refractivity contribution in [2.75, 3.05) is 0 Å². The monoisotopic (exact) mass is 139 g/mol. The number of hydrogen-bond donors (Lipinski definition) is 0.